The van der Waals surface area contributed by atoms with E-state index in [1.165, 1.54) is 0 Å². The van der Waals surface area contributed by atoms with Gasteiger partial charge >= 0.3 is 0 Å². The molecule has 0 bridgehead atoms. The van der Waals surface area contributed by atoms with E-state index < -0.39 is 5.60 Å². The van der Waals surface area contributed by atoms with Gasteiger partial charge in [-0.05, 0) is 19.8 Å². The second kappa shape index (κ2) is 5.14. The number of amides is 1. The van der Waals surface area contributed by atoms with E-state index in [1.54, 1.807) is 14.0 Å². The summed E-state index contributed by atoms with van der Waals surface area (Å²) < 4.78 is 5.13. The molecule has 0 fully saturated rings. The summed E-state index contributed by atoms with van der Waals surface area (Å²) in [6, 6.07) is 0. The summed E-state index contributed by atoms with van der Waals surface area (Å²) >= 11 is 0. The van der Waals surface area contributed by atoms with Gasteiger partial charge in [-0.1, -0.05) is 13.8 Å². The molecule has 0 radical (unpaired) electrons. The van der Waals surface area contributed by atoms with Crippen LogP contribution in [0.3, 0.4) is 0 Å². The van der Waals surface area contributed by atoms with E-state index in [-0.39, 0.29) is 5.91 Å². The lowest BCUT2D eigenvalue weighted by Crippen LogP contribution is -2.45. The SMILES string of the molecule is CCCNC(=O)C(C)(CC)OC. The maximum absolute atomic E-state index is 11.4. The maximum Gasteiger partial charge on any atom is 0.251 e. The van der Waals surface area contributed by atoms with E-state index in [0.29, 0.717) is 6.42 Å². The Kier molecular flexibility index (Phi) is 4.90. The molecule has 0 saturated carbocycles. The summed E-state index contributed by atoms with van der Waals surface area (Å²) in [7, 11) is 1.56. The normalized spacial score (nSPS) is 15.3. The highest BCUT2D eigenvalue weighted by Crippen LogP contribution is 2.13. The predicted octanol–water partition coefficient (Wildman–Crippen LogP) is 1.33. The summed E-state index contributed by atoms with van der Waals surface area (Å²) in [5, 5.41) is 2.81. The second-order valence-corrected chi connectivity index (χ2v) is 3.04. The average Bonchev–Trinajstić information content (AvgIpc) is 2.12. The molecule has 0 spiro atoms. The molecular formula is C9H19NO2. The molecule has 3 heteroatoms. The summed E-state index contributed by atoms with van der Waals surface area (Å²) in [4.78, 5) is 11.4. The zero-order chi connectivity index (χ0) is 9.61. The molecule has 1 atom stereocenters. The van der Waals surface area contributed by atoms with Crippen molar-refractivity contribution < 1.29 is 9.53 Å². The van der Waals surface area contributed by atoms with Crippen LogP contribution in [0, 0.1) is 0 Å². The van der Waals surface area contributed by atoms with Crippen LogP contribution in [0.4, 0.5) is 0 Å². The van der Waals surface area contributed by atoms with Crippen molar-refractivity contribution in [3.05, 3.63) is 0 Å². The van der Waals surface area contributed by atoms with E-state index in [0.717, 1.165) is 13.0 Å². The first-order valence-corrected chi connectivity index (χ1v) is 4.44. The topological polar surface area (TPSA) is 38.3 Å². The van der Waals surface area contributed by atoms with E-state index in [9.17, 15) is 4.79 Å². The van der Waals surface area contributed by atoms with Crippen LogP contribution in [-0.4, -0.2) is 25.2 Å². The molecule has 1 N–H and O–H groups in total. The van der Waals surface area contributed by atoms with Gasteiger partial charge in [-0.2, -0.15) is 0 Å². The lowest BCUT2D eigenvalue weighted by atomic mass is 10.0. The van der Waals surface area contributed by atoms with Crippen molar-refractivity contribution in [2.75, 3.05) is 13.7 Å². The number of rotatable bonds is 5. The highest BCUT2D eigenvalue weighted by Gasteiger charge is 2.30. The van der Waals surface area contributed by atoms with Crippen LogP contribution >= 0.6 is 0 Å². The number of methoxy groups -OCH3 is 1. The number of hydrogen-bond donors (Lipinski definition) is 1. The quantitative estimate of drug-likeness (QED) is 0.681. The Morgan fingerprint density at radius 2 is 2.08 bits per heavy atom. The van der Waals surface area contributed by atoms with Crippen molar-refractivity contribution in [2.24, 2.45) is 0 Å². The van der Waals surface area contributed by atoms with Gasteiger partial charge in [0.15, 0.2) is 0 Å². The summed E-state index contributed by atoms with van der Waals surface area (Å²) in [6.45, 7) is 6.49. The molecular weight excluding hydrogens is 154 g/mol. The van der Waals surface area contributed by atoms with E-state index in [1.807, 2.05) is 13.8 Å². The molecule has 12 heavy (non-hydrogen) atoms. The van der Waals surface area contributed by atoms with Crippen molar-refractivity contribution in [3.8, 4) is 0 Å². The van der Waals surface area contributed by atoms with Gasteiger partial charge in [0.25, 0.3) is 5.91 Å². The molecule has 1 unspecified atom stereocenters. The van der Waals surface area contributed by atoms with Gasteiger partial charge in [0.2, 0.25) is 0 Å². The first-order chi connectivity index (χ1) is 5.60. The fourth-order valence-corrected chi connectivity index (χ4v) is 0.823. The first kappa shape index (κ1) is 11.4. The first-order valence-electron chi connectivity index (χ1n) is 4.44. The van der Waals surface area contributed by atoms with E-state index >= 15 is 0 Å². The third kappa shape index (κ3) is 2.81. The molecule has 0 rings (SSSR count). The summed E-state index contributed by atoms with van der Waals surface area (Å²) in [5.74, 6) is -0.0191. The smallest absolute Gasteiger partial charge is 0.251 e. The van der Waals surface area contributed by atoms with Crippen LogP contribution in [0.1, 0.15) is 33.6 Å². The number of hydrogen-bond acceptors (Lipinski definition) is 2. The van der Waals surface area contributed by atoms with Crippen molar-refractivity contribution in [3.63, 3.8) is 0 Å². The van der Waals surface area contributed by atoms with Gasteiger partial charge in [-0.3, -0.25) is 4.79 Å². The minimum absolute atomic E-state index is 0.0191. The molecule has 0 aliphatic carbocycles. The highest BCUT2D eigenvalue weighted by atomic mass is 16.5. The lowest BCUT2D eigenvalue weighted by molar-refractivity contribution is -0.141. The molecule has 3 nitrogen and oxygen atoms in total. The Bertz CT molecular complexity index is 141. The van der Waals surface area contributed by atoms with Crippen LogP contribution in [0.15, 0.2) is 0 Å². The van der Waals surface area contributed by atoms with Gasteiger partial charge in [0.1, 0.15) is 5.60 Å². The molecule has 0 heterocycles. The minimum Gasteiger partial charge on any atom is -0.369 e. The van der Waals surface area contributed by atoms with Gasteiger partial charge < -0.3 is 10.1 Å². The molecule has 0 saturated heterocycles. The van der Waals surface area contributed by atoms with Gasteiger partial charge in [0, 0.05) is 13.7 Å². The Hall–Kier alpha value is -0.570. The van der Waals surface area contributed by atoms with E-state index in [2.05, 4.69) is 5.32 Å². The third-order valence-electron chi connectivity index (χ3n) is 2.14. The van der Waals surface area contributed by atoms with Crippen molar-refractivity contribution in [1.82, 2.24) is 5.32 Å². The van der Waals surface area contributed by atoms with Crippen molar-refractivity contribution in [2.45, 2.75) is 39.2 Å². The third-order valence-corrected chi connectivity index (χ3v) is 2.14. The minimum atomic E-state index is -0.658. The standard InChI is InChI=1S/C9H19NO2/c1-5-7-10-8(11)9(3,6-2)12-4/h5-7H2,1-4H3,(H,10,11). The van der Waals surface area contributed by atoms with Crippen LogP contribution in [0.25, 0.3) is 0 Å². The molecule has 72 valence electrons. The number of ether oxygens (including phenoxy) is 1. The van der Waals surface area contributed by atoms with Crippen LogP contribution < -0.4 is 5.32 Å². The van der Waals surface area contributed by atoms with Crippen LogP contribution in [-0.2, 0) is 9.53 Å². The Morgan fingerprint density at radius 3 is 2.42 bits per heavy atom. The monoisotopic (exact) mass is 173 g/mol. The Labute approximate surface area is 74.5 Å². The maximum atomic E-state index is 11.4. The molecule has 0 aliphatic heterocycles. The highest BCUT2D eigenvalue weighted by molar-refractivity contribution is 5.84. The zero-order valence-corrected chi connectivity index (χ0v) is 8.44. The van der Waals surface area contributed by atoms with Crippen molar-refractivity contribution in [1.29, 1.82) is 0 Å². The number of carbonyl (C=O) groups excluding carboxylic acids is 1. The van der Waals surface area contributed by atoms with Crippen LogP contribution in [0.5, 0.6) is 0 Å². The molecule has 0 aromatic heterocycles. The van der Waals surface area contributed by atoms with Gasteiger partial charge in [-0.25, -0.2) is 0 Å². The molecule has 1 amide bonds. The van der Waals surface area contributed by atoms with Crippen molar-refractivity contribution >= 4 is 5.91 Å². The lowest BCUT2D eigenvalue weighted by Gasteiger charge is -2.24. The summed E-state index contributed by atoms with van der Waals surface area (Å²) in [6.07, 6.45) is 1.65. The zero-order valence-electron chi connectivity index (χ0n) is 8.44. The number of carbonyl (C=O) groups is 1. The van der Waals surface area contributed by atoms with Gasteiger partial charge in [0.05, 0.1) is 0 Å². The average molecular weight is 173 g/mol. The second-order valence-electron chi connectivity index (χ2n) is 3.04. The fraction of sp³-hybridized carbons (Fsp3) is 0.889. The number of nitrogens with one attached hydrogen (secondary N) is 1. The van der Waals surface area contributed by atoms with Crippen LogP contribution in [0.2, 0.25) is 0 Å². The Morgan fingerprint density at radius 1 is 1.50 bits per heavy atom. The predicted molar refractivity (Wildman–Crippen MR) is 49.0 cm³/mol. The molecule has 0 aliphatic rings. The molecule has 0 aromatic rings. The van der Waals surface area contributed by atoms with E-state index in [4.69, 9.17) is 4.74 Å². The Balaban J connectivity index is 4.03. The van der Waals surface area contributed by atoms with Gasteiger partial charge in [-0.15, -0.1) is 0 Å². The summed E-state index contributed by atoms with van der Waals surface area (Å²) in [5.41, 5.74) is -0.658. The molecule has 0 aromatic carbocycles. The fourth-order valence-electron chi connectivity index (χ4n) is 0.823. The largest absolute Gasteiger partial charge is 0.369 e.